The Balaban J connectivity index is 1.73. The van der Waals surface area contributed by atoms with Crippen molar-refractivity contribution in [2.45, 2.75) is 31.6 Å². The molecule has 2 fully saturated rings. The van der Waals surface area contributed by atoms with E-state index in [0.29, 0.717) is 23.9 Å². The summed E-state index contributed by atoms with van der Waals surface area (Å²) in [6, 6.07) is 7.62. The van der Waals surface area contributed by atoms with Crippen molar-refractivity contribution in [3.8, 4) is 0 Å². The molecule has 0 radical (unpaired) electrons. The van der Waals surface area contributed by atoms with Gasteiger partial charge in [-0.2, -0.15) is 5.10 Å². The summed E-state index contributed by atoms with van der Waals surface area (Å²) in [6.45, 7) is 0. The molecule has 0 bridgehead atoms. The number of para-hydroxylation sites is 1. The van der Waals surface area contributed by atoms with Gasteiger partial charge in [0.2, 0.25) is 6.41 Å². The fourth-order valence-corrected chi connectivity index (χ4v) is 3.72. The third-order valence-corrected chi connectivity index (χ3v) is 5.07. The summed E-state index contributed by atoms with van der Waals surface area (Å²) in [4.78, 5) is 13.1. The van der Waals surface area contributed by atoms with Crippen LogP contribution in [-0.2, 0) is 11.8 Å². The highest BCUT2D eigenvalue weighted by Gasteiger charge is 2.49. The molecule has 2 aliphatic rings. The lowest BCUT2D eigenvalue weighted by atomic mass is 10.0. The number of halogens is 2. The van der Waals surface area contributed by atoms with Crippen molar-refractivity contribution in [1.29, 1.82) is 0 Å². The number of rotatable bonds is 6. The molecule has 2 atom stereocenters. The van der Waals surface area contributed by atoms with Gasteiger partial charge in [0.05, 0.1) is 11.4 Å². The minimum Gasteiger partial charge on any atom is -0.280 e. The zero-order valence-electron chi connectivity index (χ0n) is 13.4. The number of amides is 1. The van der Waals surface area contributed by atoms with E-state index < -0.39 is 6.43 Å². The first kappa shape index (κ1) is 15.3. The van der Waals surface area contributed by atoms with Crippen LogP contribution in [0.3, 0.4) is 0 Å². The zero-order chi connectivity index (χ0) is 16.8. The van der Waals surface area contributed by atoms with Gasteiger partial charge in [0, 0.05) is 13.2 Å². The summed E-state index contributed by atoms with van der Waals surface area (Å²) in [5.74, 6) is 1.92. The van der Waals surface area contributed by atoms with Gasteiger partial charge in [-0.3, -0.25) is 14.4 Å². The van der Waals surface area contributed by atoms with Crippen LogP contribution >= 0.6 is 0 Å². The molecule has 0 unspecified atom stereocenters. The first-order valence-corrected chi connectivity index (χ1v) is 8.25. The van der Waals surface area contributed by atoms with E-state index >= 15 is 0 Å². The number of anilines is 2. The molecular formula is C18H19F2N3O. The quantitative estimate of drug-likeness (QED) is 0.745. The van der Waals surface area contributed by atoms with Crippen LogP contribution in [0, 0.1) is 11.8 Å². The van der Waals surface area contributed by atoms with Crippen LogP contribution in [-0.4, -0.2) is 16.2 Å². The maximum absolute atomic E-state index is 13.3. The van der Waals surface area contributed by atoms with Crippen LogP contribution < -0.4 is 4.90 Å². The third-order valence-electron chi connectivity index (χ3n) is 5.07. The maximum atomic E-state index is 13.3. The number of benzene rings is 1. The maximum Gasteiger partial charge on any atom is 0.284 e. The highest BCUT2D eigenvalue weighted by molar-refractivity contribution is 5.88. The van der Waals surface area contributed by atoms with Gasteiger partial charge in [-0.1, -0.05) is 18.2 Å². The van der Waals surface area contributed by atoms with Crippen molar-refractivity contribution < 1.29 is 13.6 Å². The summed E-state index contributed by atoms with van der Waals surface area (Å²) < 4.78 is 27.9. The molecular weight excluding hydrogens is 312 g/mol. The number of carbonyl (C=O) groups is 1. The number of hydrogen-bond acceptors (Lipinski definition) is 2. The van der Waals surface area contributed by atoms with Crippen molar-refractivity contribution in [3.05, 3.63) is 41.7 Å². The Kier molecular flexibility index (Phi) is 3.62. The second-order valence-corrected chi connectivity index (χ2v) is 6.75. The molecule has 4 nitrogen and oxygen atoms in total. The van der Waals surface area contributed by atoms with Crippen LogP contribution in [0.4, 0.5) is 20.2 Å². The fourth-order valence-electron chi connectivity index (χ4n) is 3.72. The van der Waals surface area contributed by atoms with E-state index in [4.69, 9.17) is 0 Å². The molecule has 2 saturated carbocycles. The molecule has 2 aromatic rings. The number of hydrogen-bond donors (Lipinski definition) is 0. The molecule has 4 rings (SSSR count). The Morgan fingerprint density at radius 2 is 2.04 bits per heavy atom. The molecule has 1 heterocycles. The Morgan fingerprint density at radius 1 is 1.29 bits per heavy atom. The molecule has 1 aromatic carbocycles. The average Bonchev–Trinajstić information content (AvgIpc) is 3.45. The van der Waals surface area contributed by atoms with E-state index in [1.807, 2.05) is 24.3 Å². The monoisotopic (exact) mass is 331 g/mol. The van der Waals surface area contributed by atoms with Gasteiger partial charge in [-0.25, -0.2) is 8.78 Å². The van der Waals surface area contributed by atoms with E-state index in [2.05, 4.69) is 5.10 Å². The van der Waals surface area contributed by atoms with Crippen molar-refractivity contribution in [2.75, 3.05) is 4.90 Å². The standard InChI is InChI=1S/C18H19F2N3O/c1-22-9-16(17(21-22)18(19)20)23(10-24)15-5-3-2-4-12(15)14-8-13(14)11-6-7-11/h2-5,9-11,13-14,18H,6-8H2,1H3/t13-,14+/m0/s1. The van der Waals surface area contributed by atoms with Crippen LogP contribution in [0.5, 0.6) is 0 Å². The van der Waals surface area contributed by atoms with Gasteiger partial charge in [0.1, 0.15) is 0 Å². The van der Waals surface area contributed by atoms with E-state index in [1.165, 1.54) is 28.6 Å². The smallest absolute Gasteiger partial charge is 0.280 e. The van der Waals surface area contributed by atoms with Crippen molar-refractivity contribution >= 4 is 17.8 Å². The van der Waals surface area contributed by atoms with Gasteiger partial charge in [-0.05, 0) is 48.6 Å². The fraction of sp³-hybridized carbons (Fsp3) is 0.444. The van der Waals surface area contributed by atoms with Crippen molar-refractivity contribution in [3.63, 3.8) is 0 Å². The highest BCUT2D eigenvalue weighted by Crippen LogP contribution is 2.60. The SMILES string of the molecule is Cn1cc(N(C=O)c2ccccc2[C@H]2C[C@H]2C2CC2)c(C(F)F)n1. The van der Waals surface area contributed by atoms with E-state index in [-0.39, 0.29) is 11.4 Å². The summed E-state index contributed by atoms with van der Waals surface area (Å²) in [7, 11) is 1.58. The Labute approximate surface area is 139 Å². The molecule has 0 aliphatic heterocycles. The average molecular weight is 331 g/mol. The number of alkyl halides is 2. The first-order valence-electron chi connectivity index (χ1n) is 8.25. The number of nitrogens with zero attached hydrogens (tertiary/aromatic N) is 3. The van der Waals surface area contributed by atoms with Gasteiger partial charge < -0.3 is 0 Å². The van der Waals surface area contributed by atoms with E-state index in [1.54, 1.807) is 7.05 Å². The number of aromatic nitrogens is 2. The first-order chi connectivity index (χ1) is 11.6. The van der Waals surface area contributed by atoms with Crippen molar-refractivity contribution in [1.82, 2.24) is 9.78 Å². The Hall–Kier alpha value is -2.24. The largest absolute Gasteiger partial charge is 0.284 e. The topological polar surface area (TPSA) is 38.1 Å². The molecule has 2 aliphatic carbocycles. The van der Waals surface area contributed by atoms with Crippen LogP contribution in [0.25, 0.3) is 0 Å². The van der Waals surface area contributed by atoms with E-state index in [9.17, 15) is 13.6 Å². The van der Waals surface area contributed by atoms with Crippen LogP contribution in [0.15, 0.2) is 30.5 Å². The number of aryl methyl sites for hydroxylation is 1. The van der Waals surface area contributed by atoms with Gasteiger partial charge in [-0.15, -0.1) is 0 Å². The second-order valence-electron chi connectivity index (χ2n) is 6.75. The molecule has 6 heteroatoms. The lowest BCUT2D eigenvalue weighted by Crippen LogP contribution is -2.17. The predicted octanol–water partition coefficient (Wildman–Crippen LogP) is 4.17. The zero-order valence-corrected chi connectivity index (χ0v) is 13.4. The predicted molar refractivity (Wildman–Crippen MR) is 86.4 cm³/mol. The molecule has 24 heavy (non-hydrogen) atoms. The molecule has 0 N–H and O–H groups in total. The van der Waals surface area contributed by atoms with Gasteiger partial charge >= 0.3 is 0 Å². The minimum atomic E-state index is -2.73. The highest BCUT2D eigenvalue weighted by atomic mass is 19.3. The van der Waals surface area contributed by atoms with Crippen LogP contribution in [0.2, 0.25) is 0 Å². The molecule has 1 aromatic heterocycles. The third kappa shape index (κ3) is 2.60. The van der Waals surface area contributed by atoms with E-state index in [0.717, 1.165) is 17.9 Å². The van der Waals surface area contributed by atoms with Gasteiger partial charge in [0.25, 0.3) is 6.43 Å². The minimum absolute atomic E-state index is 0.151. The lowest BCUT2D eigenvalue weighted by Gasteiger charge is -2.20. The van der Waals surface area contributed by atoms with Crippen LogP contribution in [0.1, 0.15) is 42.9 Å². The molecule has 0 saturated heterocycles. The Bertz CT molecular complexity index is 769. The second kappa shape index (κ2) is 5.69. The molecule has 0 spiro atoms. The summed E-state index contributed by atoms with van der Waals surface area (Å²) in [6.07, 6.45) is 3.06. The Morgan fingerprint density at radius 3 is 2.71 bits per heavy atom. The van der Waals surface area contributed by atoms with Gasteiger partial charge in [0.15, 0.2) is 5.69 Å². The number of carbonyl (C=O) groups excluding carboxylic acids is 1. The summed E-state index contributed by atoms with van der Waals surface area (Å²) >= 11 is 0. The van der Waals surface area contributed by atoms with Crippen molar-refractivity contribution in [2.24, 2.45) is 18.9 Å². The lowest BCUT2D eigenvalue weighted by molar-refractivity contribution is -0.106. The summed E-state index contributed by atoms with van der Waals surface area (Å²) in [5.41, 5.74) is 1.55. The normalized spacial score (nSPS) is 22.7. The molecule has 1 amide bonds. The molecule has 126 valence electrons. The summed E-state index contributed by atoms with van der Waals surface area (Å²) in [5, 5.41) is 3.81.